The molecule has 4 bridgehead atoms. The van der Waals surface area contributed by atoms with Crippen molar-refractivity contribution in [2.24, 2.45) is 23.2 Å². The molecule has 3 N–H and O–H groups in total. The minimum atomic E-state index is -0.0985. The Labute approximate surface area is 168 Å². The van der Waals surface area contributed by atoms with E-state index >= 15 is 0 Å². The van der Waals surface area contributed by atoms with E-state index in [1.807, 2.05) is 30.3 Å². The molecule has 1 aromatic carbocycles. The van der Waals surface area contributed by atoms with E-state index in [1.165, 1.54) is 38.5 Å². The summed E-state index contributed by atoms with van der Waals surface area (Å²) in [6.45, 7) is 1.52. The van der Waals surface area contributed by atoms with Crippen LogP contribution in [0.25, 0.3) is 0 Å². The van der Waals surface area contributed by atoms with Crippen molar-refractivity contribution in [3.8, 4) is 0 Å². The normalized spacial score (nSPS) is 30.1. The van der Waals surface area contributed by atoms with Crippen molar-refractivity contribution in [2.45, 2.75) is 51.4 Å². The number of benzene rings is 1. The second kappa shape index (κ2) is 8.54. The monoisotopic (exact) mass is 383 g/mol. The minimum absolute atomic E-state index is 0.0582. The van der Waals surface area contributed by atoms with E-state index in [1.54, 1.807) is 0 Å². The van der Waals surface area contributed by atoms with Crippen LogP contribution in [0.2, 0.25) is 0 Å². The number of amides is 2. The Bertz CT molecular complexity index is 653. The fraction of sp³-hybridized carbons (Fsp3) is 0.652. The quantitative estimate of drug-likeness (QED) is 0.573. The van der Waals surface area contributed by atoms with Crippen LogP contribution in [0.15, 0.2) is 30.3 Å². The Balaban J connectivity index is 1.10. The lowest BCUT2D eigenvalue weighted by Gasteiger charge is -2.56. The van der Waals surface area contributed by atoms with Gasteiger partial charge in [-0.25, -0.2) is 0 Å². The van der Waals surface area contributed by atoms with Crippen molar-refractivity contribution in [1.29, 1.82) is 0 Å². The second-order valence-corrected chi connectivity index (χ2v) is 9.37. The summed E-state index contributed by atoms with van der Waals surface area (Å²) < 4.78 is 0. The Morgan fingerprint density at radius 1 is 0.857 bits per heavy atom. The highest BCUT2D eigenvalue weighted by atomic mass is 16.2. The predicted molar refractivity (Wildman–Crippen MR) is 111 cm³/mol. The molecule has 0 aliphatic heterocycles. The van der Waals surface area contributed by atoms with Gasteiger partial charge in [-0.1, -0.05) is 18.2 Å². The van der Waals surface area contributed by atoms with Crippen LogP contribution in [0.5, 0.6) is 0 Å². The van der Waals surface area contributed by atoms with Crippen LogP contribution in [-0.4, -0.2) is 31.4 Å². The molecule has 0 atom stereocenters. The molecule has 0 radical (unpaired) electrons. The highest BCUT2D eigenvalue weighted by molar-refractivity contribution is 5.84. The fourth-order valence-electron chi connectivity index (χ4n) is 6.26. The molecule has 4 aliphatic carbocycles. The zero-order valence-corrected chi connectivity index (χ0v) is 16.7. The molecule has 28 heavy (non-hydrogen) atoms. The van der Waals surface area contributed by atoms with E-state index in [4.69, 9.17) is 0 Å². The highest BCUT2D eigenvalue weighted by Crippen LogP contribution is 2.61. The molecule has 4 fully saturated rings. The third-order valence-electron chi connectivity index (χ3n) is 6.93. The molecule has 0 aromatic heterocycles. The first-order valence-electron chi connectivity index (χ1n) is 10.9. The molecule has 0 unspecified atom stereocenters. The maximum absolute atomic E-state index is 12.5. The number of carbonyl (C=O) groups excluding carboxylic acids is 2. The van der Waals surface area contributed by atoms with Crippen molar-refractivity contribution >= 4 is 17.5 Å². The van der Waals surface area contributed by atoms with Crippen LogP contribution in [0.3, 0.4) is 0 Å². The number of anilines is 1. The zero-order valence-electron chi connectivity index (χ0n) is 16.7. The number of para-hydroxylation sites is 1. The average Bonchev–Trinajstić information content (AvgIpc) is 2.65. The summed E-state index contributed by atoms with van der Waals surface area (Å²) >= 11 is 0. The molecule has 0 heterocycles. The number of carbonyl (C=O) groups is 2. The van der Waals surface area contributed by atoms with Crippen LogP contribution < -0.4 is 16.0 Å². The van der Waals surface area contributed by atoms with E-state index in [0.29, 0.717) is 13.0 Å². The van der Waals surface area contributed by atoms with Gasteiger partial charge in [0.05, 0.1) is 6.54 Å². The average molecular weight is 384 g/mol. The van der Waals surface area contributed by atoms with Gasteiger partial charge >= 0.3 is 0 Å². The van der Waals surface area contributed by atoms with Gasteiger partial charge in [0.25, 0.3) is 0 Å². The lowest BCUT2D eigenvalue weighted by Crippen LogP contribution is -2.48. The number of hydrogen-bond donors (Lipinski definition) is 3. The molecule has 1 aromatic rings. The molecule has 152 valence electrons. The third kappa shape index (κ3) is 4.86. The molecule has 5 rings (SSSR count). The second-order valence-electron chi connectivity index (χ2n) is 9.37. The maximum Gasteiger partial charge on any atom is 0.239 e. The topological polar surface area (TPSA) is 70.2 Å². The molecular weight excluding hydrogens is 350 g/mol. The van der Waals surface area contributed by atoms with Crippen LogP contribution in [0.4, 0.5) is 5.69 Å². The maximum atomic E-state index is 12.5. The van der Waals surface area contributed by atoms with Crippen molar-refractivity contribution in [1.82, 2.24) is 10.6 Å². The SMILES string of the molecule is O=C(CNC(=O)CC12CC3CC(CC(C3)C1)C2)NCCCNc1ccccc1. The van der Waals surface area contributed by atoms with Gasteiger partial charge in [0.15, 0.2) is 0 Å². The first-order valence-corrected chi connectivity index (χ1v) is 10.9. The van der Waals surface area contributed by atoms with Crippen LogP contribution in [0, 0.1) is 23.2 Å². The lowest BCUT2D eigenvalue weighted by molar-refractivity contribution is -0.131. The van der Waals surface area contributed by atoms with Crippen molar-refractivity contribution < 1.29 is 9.59 Å². The van der Waals surface area contributed by atoms with Crippen LogP contribution in [-0.2, 0) is 9.59 Å². The van der Waals surface area contributed by atoms with Gasteiger partial charge < -0.3 is 16.0 Å². The summed E-state index contributed by atoms with van der Waals surface area (Å²) in [7, 11) is 0. The summed E-state index contributed by atoms with van der Waals surface area (Å²) in [6.07, 6.45) is 9.33. The third-order valence-corrected chi connectivity index (χ3v) is 6.93. The molecule has 4 aliphatic rings. The summed E-state index contributed by atoms with van der Waals surface area (Å²) in [6, 6.07) is 10.0. The van der Waals surface area contributed by atoms with E-state index in [-0.39, 0.29) is 23.8 Å². The minimum Gasteiger partial charge on any atom is -0.385 e. The first-order chi connectivity index (χ1) is 13.6. The Kier molecular flexibility index (Phi) is 5.88. The molecule has 5 heteroatoms. The van der Waals surface area contributed by atoms with Gasteiger partial charge in [-0.15, -0.1) is 0 Å². The number of hydrogen-bond acceptors (Lipinski definition) is 3. The standard InChI is InChI=1S/C23H33N3O2/c27-21(15-23-12-17-9-18(13-23)11-19(10-17)14-23)26-16-22(28)25-8-4-7-24-20-5-2-1-3-6-20/h1-3,5-6,17-19,24H,4,7-16H2,(H,25,28)(H,26,27). The molecule has 0 saturated heterocycles. The molecular formula is C23H33N3O2. The molecule has 0 spiro atoms. The summed E-state index contributed by atoms with van der Waals surface area (Å²) in [5.41, 5.74) is 1.32. The molecule has 5 nitrogen and oxygen atoms in total. The van der Waals surface area contributed by atoms with Crippen LogP contribution >= 0.6 is 0 Å². The Morgan fingerprint density at radius 2 is 1.50 bits per heavy atom. The van der Waals surface area contributed by atoms with Gasteiger partial charge in [0, 0.05) is 25.2 Å². The largest absolute Gasteiger partial charge is 0.385 e. The van der Waals surface area contributed by atoms with Crippen molar-refractivity contribution in [3.63, 3.8) is 0 Å². The summed E-state index contributed by atoms with van der Waals surface area (Å²) in [5.74, 6) is 2.52. The molecule has 4 saturated carbocycles. The Morgan fingerprint density at radius 3 is 2.14 bits per heavy atom. The summed E-state index contributed by atoms with van der Waals surface area (Å²) in [4.78, 5) is 24.5. The van der Waals surface area contributed by atoms with Gasteiger partial charge in [-0.3, -0.25) is 9.59 Å². The first kappa shape index (κ1) is 19.3. The van der Waals surface area contributed by atoms with Crippen molar-refractivity contribution in [3.05, 3.63) is 30.3 Å². The number of nitrogens with one attached hydrogen (secondary N) is 3. The zero-order chi connectivity index (χ0) is 19.4. The van der Waals surface area contributed by atoms with Gasteiger partial charge in [0.2, 0.25) is 11.8 Å². The van der Waals surface area contributed by atoms with Gasteiger partial charge in [-0.05, 0) is 80.2 Å². The van der Waals surface area contributed by atoms with Crippen LogP contribution in [0.1, 0.15) is 51.4 Å². The van der Waals surface area contributed by atoms with Gasteiger partial charge in [-0.2, -0.15) is 0 Å². The summed E-state index contributed by atoms with van der Waals surface area (Å²) in [5, 5.41) is 9.07. The smallest absolute Gasteiger partial charge is 0.239 e. The molecule has 2 amide bonds. The van der Waals surface area contributed by atoms with Crippen molar-refractivity contribution in [2.75, 3.05) is 25.0 Å². The number of rotatable bonds is 9. The predicted octanol–water partition coefficient (Wildman–Crippen LogP) is 3.33. The highest BCUT2D eigenvalue weighted by Gasteiger charge is 2.51. The van der Waals surface area contributed by atoms with E-state index in [9.17, 15) is 9.59 Å². The Hall–Kier alpha value is -2.04. The van der Waals surface area contributed by atoms with E-state index in [2.05, 4.69) is 16.0 Å². The van der Waals surface area contributed by atoms with E-state index in [0.717, 1.165) is 36.4 Å². The van der Waals surface area contributed by atoms with E-state index < -0.39 is 0 Å². The lowest BCUT2D eigenvalue weighted by atomic mass is 9.49. The fourth-order valence-corrected chi connectivity index (χ4v) is 6.26. The van der Waals surface area contributed by atoms with Gasteiger partial charge in [0.1, 0.15) is 0 Å².